The second-order valence-electron chi connectivity index (χ2n) is 8.80. The molecule has 0 fully saturated rings. The minimum Gasteiger partial charge on any atom is -0.437 e. The largest absolute Gasteiger partial charge is 0.490 e. The third-order valence-electron chi connectivity index (χ3n) is 6.55. The maximum Gasteiger partial charge on any atom is 0.490 e. The van der Waals surface area contributed by atoms with Crippen molar-refractivity contribution in [2.75, 3.05) is 24.5 Å². The van der Waals surface area contributed by atoms with Crippen LogP contribution in [0, 0.1) is 5.82 Å². The molecule has 0 amide bonds. The number of carbonyl (C=O) groups excluding carboxylic acids is 1. The molecule has 0 aliphatic carbocycles. The zero-order valence-corrected chi connectivity index (χ0v) is 19.6. The number of nitrogens with zero attached hydrogens (tertiary/aromatic N) is 5. The van der Waals surface area contributed by atoms with Crippen molar-refractivity contribution in [1.29, 1.82) is 0 Å². The smallest absolute Gasteiger partial charge is 0.437 e. The lowest BCUT2D eigenvalue weighted by molar-refractivity contribution is -0.203. The lowest BCUT2D eigenvalue weighted by Crippen LogP contribution is -2.41. The van der Waals surface area contributed by atoms with E-state index in [1.54, 1.807) is 16.7 Å². The minimum atomic E-state index is -5.28. The van der Waals surface area contributed by atoms with Crippen LogP contribution in [0.4, 0.5) is 23.5 Å². The number of anilines is 1. The minimum absolute atomic E-state index is 0.0257. The third-order valence-corrected chi connectivity index (χ3v) is 6.55. The maximum atomic E-state index is 13.4. The molecular weight excluding hydrogens is 500 g/mol. The van der Waals surface area contributed by atoms with E-state index in [4.69, 9.17) is 0 Å². The van der Waals surface area contributed by atoms with Crippen LogP contribution in [0.3, 0.4) is 0 Å². The Hall–Kier alpha value is -3.94. The first-order valence-electron chi connectivity index (χ1n) is 11.4. The molecule has 4 heterocycles. The Balaban J connectivity index is 1.62. The summed E-state index contributed by atoms with van der Waals surface area (Å²) in [5.74, 6) is -2.51. The standard InChI is InChI=1S/C23H22F4N6O4/c1-30-18-17(19(34)33(22(30)36)12-37-20(35)23(25,26)27)32(8-6-13-2-4-15(24)5-3-13)21(29-18)31-9-7-14-10-28-11-16(14)31/h2-5,28H,6-12H2,1H3. The zero-order chi connectivity index (χ0) is 26.5. The van der Waals surface area contributed by atoms with Crippen molar-refractivity contribution < 1.29 is 27.1 Å². The Morgan fingerprint density at radius 2 is 1.86 bits per heavy atom. The first-order valence-corrected chi connectivity index (χ1v) is 11.4. The quantitative estimate of drug-likeness (QED) is 0.386. The molecule has 0 radical (unpaired) electrons. The first kappa shape index (κ1) is 24.7. The lowest BCUT2D eigenvalue weighted by Gasteiger charge is -2.22. The number of hydrogen-bond acceptors (Lipinski definition) is 7. The number of aromatic nitrogens is 4. The summed E-state index contributed by atoms with van der Waals surface area (Å²) in [7, 11) is 1.33. The van der Waals surface area contributed by atoms with E-state index in [-0.39, 0.29) is 17.7 Å². The second-order valence-corrected chi connectivity index (χ2v) is 8.80. The number of benzene rings is 1. The monoisotopic (exact) mass is 522 g/mol. The summed E-state index contributed by atoms with van der Waals surface area (Å²) in [5.41, 5.74) is 1.10. The molecule has 0 unspecified atom stereocenters. The molecule has 0 saturated carbocycles. The van der Waals surface area contributed by atoms with Gasteiger partial charge >= 0.3 is 17.8 Å². The molecule has 1 aromatic carbocycles. The van der Waals surface area contributed by atoms with Crippen molar-refractivity contribution in [3.63, 3.8) is 0 Å². The highest BCUT2D eigenvalue weighted by molar-refractivity contribution is 5.76. The highest BCUT2D eigenvalue weighted by Crippen LogP contribution is 2.32. The predicted molar refractivity (Wildman–Crippen MR) is 123 cm³/mol. The van der Waals surface area contributed by atoms with Crippen LogP contribution in [-0.4, -0.2) is 50.5 Å². The Kier molecular flexibility index (Phi) is 6.14. The Morgan fingerprint density at radius 3 is 2.57 bits per heavy atom. The third kappa shape index (κ3) is 4.41. The number of imidazole rings is 1. The van der Waals surface area contributed by atoms with Crippen LogP contribution >= 0.6 is 0 Å². The fourth-order valence-corrected chi connectivity index (χ4v) is 4.67. The van der Waals surface area contributed by atoms with Crippen molar-refractivity contribution in [2.24, 2.45) is 7.05 Å². The molecule has 37 heavy (non-hydrogen) atoms. The van der Waals surface area contributed by atoms with Crippen LogP contribution in [0.5, 0.6) is 0 Å². The summed E-state index contributed by atoms with van der Waals surface area (Å²) in [6.45, 7) is 0.948. The summed E-state index contributed by atoms with van der Waals surface area (Å²) in [4.78, 5) is 44.0. The van der Waals surface area contributed by atoms with Gasteiger partial charge in [-0.05, 0) is 36.1 Å². The molecule has 5 rings (SSSR count). The van der Waals surface area contributed by atoms with Crippen molar-refractivity contribution in [3.05, 3.63) is 67.8 Å². The normalized spacial score (nSPS) is 15.6. The number of halogens is 4. The van der Waals surface area contributed by atoms with Gasteiger partial charge in [0.1, 0.15) is 5.82 Å². The van der Waals surface area contributed by atoms with Crippen molar-refractivity contribution in [2.45, 2.75) is 32.3 Å². The number of hydrogen-bond donors (Lipinski definition) is 1. The van der Waals surface area contributed by atoms with E-state index in [1.165, 1.54) is 24.8 Å². The number of fused-ring (bicyclic) bond motifs is 1. The molecule has 10 nitrogen and oxygen atoms in total. The number of carbonyl (C=O) groups is 1. The molecule has 2 aliphatic heterocycles. The number of alkyl halides is 3. The molecule has 0 spiro atoms. The predicted octanol–water partition coefficient (Wildman–Crippen LogP) is 1.41. The van der Waals surface area contributed by atoms with Crippen molar-refractivity contribution in [3.8, 4) is 0 Å². The van der Waals surface area contributed by atoms with Gasteiger partial charge in [-0.1, -0.05) is 12.1 Å². The number of esters is 1. The van der Waals surface area contributed by atoms with Crippen LogP contribution < -0.4 is 21.5 Å². The molecule has 1 N–H and O–H groups in total. The maximum absolute atomic E-state index is 13.4. The molecule has 14 heteroatoms. The number of rotatable bonds is 6. The zero-order valence-electron chi connectivity index (χ0n) is 19.6. The van der Waals surface area contributed by atoms with Gasteiger partial charge in [0.15, 0.2) is 17.9 Å². The van der Waals surface area contributed by atoms with Gasteiger partial charge in [-0.25, -0.2) is 18.5 Å². The molecular formula is C23H22F4N6O4. The molecule has 0 bridgehead atoms. The van der Waals surface area contributed by atoms with Gasteiger partial charge < -0.3 is 19.5 Å². The van der Waals surface area contributed by atoms with Crippen molar-refractivity contribution >= 4 is 23.1 Å². The van der Waals surface area contributed by atoms with Gasteiger partial charge in [-0.3, -0.25) is 9.36 Å². The summed E-state index contributed by atoms with van der Waals surface area (Å²) in [6.07, 6.45) is -4.11. The molecule has 0 atom stereocenters. The van der Waals surface area contributed by atoms with Crippen LogP contribution in [-0.2, 0) is 36.3 Å². The Bertz CT molecular complexity index is 1530. The van der Waals surface area contributed by atoms with Gasteiger partial charge in [-0.15, -0.1) is 0 Å². The number of ether oxygens (including phenoxy) is 1. The van der Waals surface area contributed by atoms with Gasteiger partial charge in [0.25, 0.3) is 5.56 Å². The van der Waals surface area contributed by atoms with Crippen LogP contribution in [0.2, 0.25) is 0 Å². The molecule has 3 aromatic rings. The lowest BCUT2D eigenvalue weighted by atomic mass is 10.1. The van der Waals surface area contributed by atoms with Gasteiger partial charge in [0.2, 0.25) is 5.95 Å². The average Bonchev–Trinajstić information content (AvgIpc) is 3.56. The van der Waals surface area contributed by atoms with Crippen molar-refractivity contribution in [1.82, 2.24) is 24.0 Å². The number of aryl methyl sites for hydroxylation is 3. The average molecular weight is 522 g/mol. The molecule has 0 saturated heterocycles. The summed E-state index contributed by atoms with van der Waals surface area (Å²) in [5, 5.41) is 3.27. The number of nitrogens with one attached hydrogen (secondary N) is 1. The van der Waals surface area contributed by atoms with Gasteiger partial charge in [0.05, 0.1) is 0 Å². The topological polar surface area (TPSA) is 103 Å². The second kappa shape index (κ2) is 9.18. The van der Waals surface area contributed by atoms with Crippen LogP contribution in [0.25, 0.3) is 11.2 Å². The SMILES string of the molecule is Cn1c(=O)n(COC(=O)C(F)(F)F)c(=O)c2c1nc(N1CCC3=C1CNC3)n2CCc1ccc(F)cc1. The van der Waals surface area contributed by atoms with E-state index < -0.39 is 35.9 Å². The molecule has 196 valence electrons. The molecule has 2 aromatic heterocycles. The summed E-state index contributed by atoms with van der Waals surface area (Å²) >= 11 is 0. The van der Waals surface area contributed by atoms with E-state index in [9.17, 15) is 31.9 Å². The summed E-state index contributed by atoms with van der Waals surface area (Å²) in [6, 6.07) is 5.84. The van der Waals surface area contributed by atoms with E-state index in [0.29, 0.717) is 30.0 Å². The van der Waals surface area contributed by atoms with Crippen LogP contribution in [0.15, 0.2) is 45.1 Å². The fourth-order valence-electron chi connectivity index (χ4n) is 4.67. The van der Waals surface area contributed by atoms with Gasteiger partial charge in [0, 0.05) is 38.9 Å². The van der Waals surface area contributed by atoms with E-state index >= 15 is 0 Å². The van der Waals surface area contributed by atoms with E-state index in [1.807, 2.05) is 4.90 Å². The first-order chi connectivity index (χ1) is 17.6. The summed E-state index contributed by atoms with van der Waals surface area (Å²) < 4.78 is 58.5. The van der Waals surface area contributed by atoms with Gasteiger partial charge in [-0.2, -0.15) is 18.2 Å². The van der Waals surface area contributed by atoms with E-state index in [0.717, 1.165) is 28.8 Å². The fraction of sp³-hybridized carbons (Fsp3) is 0.391. The highest BCUT2D eigenvalue weighted by Gasteiger charge is 2.41. The van der Waals surface area contributed by atoms with E-state index in [2.05, 4.69) is 15.0 Å². The Labute approximate surface area is 206 Å². The molecule has 2 aliphatic rings. The highest BCUT2D eigenvalue weighted by atomic mass is 19.4. The van der Waals surface area contributed by atoms with Crippen LogP contribution in [0.1, 0.15) is 12.0 Å². The Morgan fingerprint density at radius 1 is 1.14 bits per heavy atom.